The molecule has 0 radical (unpaired) electrons. The van der Waals surface area contributed by atoms with E-state index in [0.29, 0.717) is 16.1 Å². The molecule has 0 aliphatic carbocycles. The summed E-state index contributed by atoms with van der Waals surface area (Å²) in [6.07, 6.45) is 2.87. The van der Waals surface area contributed by atoms with Crippen LogP contribution in [0.3, 0.4) is 0 Å². The predicted molar refractivity (Wildman–Crippen MR) is 83.7 cm³/mol. The number of hydrogen-bond acceptors (Lipinski definition) is 3. The second kappa shape index (κ2) is 7.41. The van der Waals surface area contributed by atoms with E-state index in [0.717, 1.165) is 0 Å². The number of hydrogen-bond donors (Lipinski definition) is 1. The van der Waals surface area contributed by atoms with E-state index in [-0.39, 0.29) is 18.1 Å². The van der Waals surface area contributed by atoms with Crippen molar-refractivity contribution in [1.82, 2.24) is 5.32 Å². The van der Waals surface area contributed by atoms with Crippen LogP contribution in [-0.2, 0) is 0 Å². The molecule has 0 heterocycles. The minimum Gasteiger partial charge on any atom is -0.383 e. The fourth-order valence-electron chi connectivity index (χ4n) is 1.72. The predicted octanol–water partition coefficient (Wildman–Crippen LogP) is 3.51. The number of rotatable bonds is 6. The molecule has 2 aromatic rings. The Morgan fingerprint density at radius 3 is 2.29 bits per heavy atom. The third-order valence-electron chi connectivity index (χ3n) is 2.84. The maximum Gasteiger partial charge on any atom is 0.187 e. The maximum absolute atomic E-state index is 11.8. The van der Waals surface area contributed by atoms with E-state index < -0.39 is 0 Å². The molecule has 1 N–H and O–H groups in total. The van der Waals surface area contributed by atoms with Crippen molar-refractivity contribution in [2.75, 3.05) is 6.54 Å². The summed E-state index contributed by atoms with van der Waals surface area (Å²) in [5.74, 6) is -0.175. The highest BCUT2D eigenvalue weighted by atomic mass is 35.5. The highest BCUT2D eigenvalue weighted by Gasteiger charge is 2.03. The van der Waals surface area contributed by atoms with Crippen molar-refractivity contribution in [3.05, 3.63) is 83.0 Å². The van der Waals surface area contributed by atoms with Crippen LogP contribution in [0.15, 0.2) is 66.9 Å². The summed E-state index contributed by atoms with van der Waals surface area (Å²) in [5, 5.41) is 3.40. The van der Waals surface area contributed by atoms with Crippen LogP contribution < -0.4 is 5.32 Å². The van der Waals surface area contributed by atoms with Crippen molar-refractivity contribution in [2.45, 2.75) is 0 Å². The highest BCUT2D eigenvalue weighted by Crippen LogP contribution is 2.10. The molecular weight excluding hydrogens is 286 g/mol. The van der Waals surface area contributed by atoms with E-state index >= 15 is 0 Å². The van der Waals surface area contributed by atoms with E-state index in [2.05, 4.69) is 5.32 Å². The van der Waals surface area contributed by atoms with Gasteiger partial charge in [-0.25, -0.2) is 0 Å². The van der Waals surface area contributed by atoms with Gasteiger partial charge >= 0.3 is 0 Å². The van der Waals surface area contributed by atoms with Gasteiger partial charge in [-0.1, -0.05) is 41.9 Å². The van der Waals surface area contributed by atoms with Gasteiger partial charge in [0.1, 0.15) is 0 Å². The van der Waals surface area contributed by atoms with Crippen LogP contribution in [-0.4, -0.2) is 18.1 Å². The van der Waals surface area contributed by atoms with E-state index in [1.165, 1.54) is 12.3 Å². The van der Waals surface area contributed by atoms with Crippen LogP contribution >= 0.6 is 11.6 Å². The quantitative estimate of drug-likeness (QED) is 0.656. The van der Waals surface area contributed by atoms with Gasteiger partial charge in [0.2, 0.25) is 0 Å². The first-order valence-electron chi connectivity index (χ1n) is 6.45. The molecule has 4 heteroatoms. The Labute approximate surface area is 128 Å². The minimum absolute atomic E-state index is 0.0285. The van der Waals surface area contributed by atoms with Gasteiger partial charge in [-0.3, -0.25) is 9.59 Å². The molecule has 0 spiro atoms. The van der Waals surface area contributed by atoms with Gasteiger partial charge < -0.3 is 5.32 Å². The van der Waals surface area contributed by atoms with E-state index in [9.17, 15) is 9.59 Å². The second-order valence-corrected chi connectivity index (χ2v) is 4.81. The molecule has 0 unspecified atom stereocenters. The molecule has 0 amide bonds. The van der Waals surface area contributed by atoms with E-state index in [1.54, 1.807) is 36.4 Å². The zero-order chi connectivity index (χ0) is 15.1. The normalized spacial score (nSPS) is 10.5. The molecule has 0 aliphatic heterocycles. The summed E-state index contributed by atoms with van der Waals surface area (Å²) >= 11 is 5.76. The molecule has 106 valence electrons. The zero-order valence-electron chi connectivity index (χ0n) is 11.3. The number of nitrogens with one attached hydrogen (secondary N) is 1. The van der Waals surface area contributed by atoms with Crippen LogP contribution in [0.25, 0.3) is 0 Å². The average molecular weight is 300 g/mol. The van der Waals surface area contributed by atoms with E-state index in [4.69, 9.17) is 11.6 Å². The fraction of sp³-hybridized carbons (Fsp3) is 0.0588. The fourth-order valence-corrected chi connectivity index (χ4v) is 1.85. The van der Waals surface area contributed by atoms with Crippen LogP contribution in [0.5, 0.6) is 0 Å². The largest absolute Gasteiger partial charge is 0.383 e. The van der Waals surface area contributed by atoms with Gasteiger partial charge in [-0.15, -0.1) is 0 Å². The van der Waals surface area contributed by atoms with Crippen LogP contribution in [0.4, 0.5) is 0 Å². The third kappa shape index (κ3) is 4.58. The summed E-state index contributed by atoms with van der Waals surface area (Å²) in [7, 11) is 0. The van der Waals surface area contributed by atoms with Gasteiger partial charge in [0.15, 0.2) is 11.6 Å². The molecule has 0 bridgehead atoms. The zero-order valence-corrected chi connectivity index (χ0v) is 12.0. The molecule has 3 nitrogen and oxygen atoms in total. The van der Waals surface area contributed by atoms with Crippen molar-refractivity contribution in [3.63, 3.8) is 0 Å². The molecule has 0 saturated carbocycles. The number of halogens is 1. The summed E-state index contributed by atoms with van der Waals surface area (Å²) < 4.78 is 0. The van der Waals surface area contributed by atoms with E-state index in [1.807, 2.05) is 18.2 Å². The van der Waals surface area contributed by atoms with Crippen LogP contribution in [0, 0.1) is 0 Å². The van der Waals surface area contributed by atoms with Gasteiger partial charge in [0, 0.05) is 28.4 Å². The van der Waals surface area contributed by atoms with Crippen molar-refractivity contribution < 1.29 is 9.59 Å². The second-order valence-electron chi connectivity index (χ2n) is 4.37. The summed E-state index contributed by atoms with van der Waals surface area (Å²) in [4.78, 5) is 23.6. The Kier molecular flexibility index (Phi) is 5.29. The smallest absolute Gasteiger partial charge is 0.187 e. The molecule has 0 atom stereocenters. The molecule has 0 aliphatic rings. The van der Waals surface area contributed by atoms with Crippen molar-refractivity contribution in [3.8, 4) is 0 Å². The molecule has 2 rings (SSSR count). The number of Topliss-reactive ketones (excluding diaryl/α,β-unsaturated/α-hetero) is 1. The van der Waals surface area contributed by atoms with Crippen molar-refractivity contribution in [1.29, 1.82) is 0 Å². The Morgan fingerprint density at radius 1 is 0.952 bits per heavy atom. The Balaban J connectivity index is 1.84. The monoisotopic (exact) mass is 299 g/mol. The lowest BCUT2D eigenvalue weighted by atomic mass is 10.1. The molecule has 0 aromatic heterocycles. The van der Waals surface area contributed by atoms with Crippen molar-refractivity contribution >= 4 is 23.2 Å². The summed E-state index contributed by atoms with van der Waals surface area (Å²) in [6.45, 7) is 0.147. The molecule has 2 aromatic carbocycles. The molecule has 21 heavy (non-hydrogen) atoms. The van der Waals surface area contributed by atoms with Crippen LogP contribution in [0.1, 0.15) is 20.7 Å². The lowest BCUT2D eigenvalue weighted by Gasteiger charge is -2.00. The number of ketones is 2. The van der Waals surface area contributed by atoms with Gasteiger partial charge in [0.05, 0.1) is 6.54 Å². The van der Waals surface area contributed by atoms with Gasteiger partial charge in [-0.05, 0) is 24.3 Å². The van der Waals surface area contributed by atoms with Crippen LogP contribution in [0.2, 0.25) is 5.02 Å². The van der Waals surface area contributed by atoms with Crippen molar-refractivity contribution in [2.24, 2.45) is 0 Å². The molecular formula is C17H14ClNO2. The average Bonchev–Trinajstić information content (AvgIpc) is 2.52. The highest BCUT2D eigenvalue weighted by molar-refractivity contribution is 6.30. The lowest BCUT2D eigenvalue weighted by Crippen LogP contribution is -2.18. The first kappa shape index (κ1) is 15.0. The van der Waals surface area contributed by atoms with Gasteiger partial charge in [-0.2, -0.15) is 0 Å². The topological polar surface area (TPSA) is 46.2 Å². The lowest BCUT2D eigenvalue weighted by molar-refractivity contribution is 0.0992. The van der Waals surface area contributed by atoms with Gasteiger partial charge in [0.25, 0.3) is 0 Å². The Hall–Kier alpha value is -2.39. The first-order chi connectivity index (χ1) is 10.2. The SMILES string of the molecule is O=C(/C=C\NCC(=O)c1ccccc1)c1ccc(Cl)cc1. The molecule has 0 fully saturated rings. The summed E-state index contributed by atoms with van der Waals surface area (Å²) in [5.41, 5.74) is 1.19. The number of carbonyl (C=O) groups excluding carboxylic acids is 2. The Morgan fingerprint density at radius 2 is 1.62 bits per heavy atom. The standard InChI is InChI=1S/C17H14ClNO2/c18-15-8-6-14(7-9-15)16(20)10-11-19-12-17(21)13-4-2-1-3-5-13/h1-11,19H,12H2/b11-10-. The molecule has 0 saturated heterocycles. The Bertz CT molecular complexity index is 648. The maximum atomic E-state index is 11.8. The number of carbonyl (C=O) groups is 2. The first-order valence-corrected chi connectivity index (χ1v) is 6.83. The summed E-state index contributed by atoms with van der Waals surface area (Å²) in [6, 6.07) is 15.6. The number of allylic oxidation sites excluding steroid dienone is 1. The number of benzene rings is 2. The third-order valence-corrected chi connectivity index (χ3v) is 3.09. The minimum atomic E-state index is -0.147.